The molecule has 0 radical (unpaired) electrons. The Labute approximate surface area is 98.2 Å². The van der Waals surface area contributed by atoms with Gasteiger partial charge >= 0.3 is 5.92 Å². The zero-order chi connectivity index (χ0) is 12.8. The predicted molar refractivity (Wildman–Crippen MR) is 59.3 cm³/mol. The molecule has 2 rings (SSSR count). The predicted octanol–water partition coefficient (Wildman–Crippen LogP) is 1.70. The number of aliphatic hydroxyl groups excluding tert-OH is 1. The number of fused-ring (bicyclic) bond motifs is 1. The van der Waals surface area contributed by atoms with Gasteiger partial charge in [0.05, 0.1) is 5.69 Å². The number of halogens is 3. The Balaban J connectivity index is 2.65. The minimum Gasteiger partial charge on any atom is -0.381 e. The van der Waals surface area contributed by atoms with Crippen LogP contribution in [0.4, 0.5) is 18.9 Å². The second-order valence-corrected chi connectivity index (χ2v) is 4.36. The largest absolute Gasteiger partial charge is 0.381 e. The van der Waals surface area contributed by atoms with Gasteiger partial charge in [-0.1, -0.05) is 5.87 Å². The summed E-state index contributed by atoms with van der Waals surface area (Å²) >= 11 is 0.478. The van der Waals surface area contributed by atoms with E-state index in [1.807, 2.05) is 5.32 Å². The lowest BCUT2D eigenvalue weighted by Gasteiger charge is -2.29. The first-order valence-corrected chi connectivity index (χ1v) is 5.63. The molecule has 0 unspecified atom stereocenters. The molecule has 1 aromatic carbocycles. The van der Waals surface area contributed by atoms with Crippen molar-refractivity contribution in [2.45, 2.75) is 16.9 Å². The van der Waals surface area contributed by atoms with E-state index in [9.17, 15) is 23.1 Å². The number of hydrogen-bond donors (Lipinski definition) is 3. The van der Waals surface area contributed by atoms with Gasteiger partial charge in [-0.2, -0.15) is 20.1 Å². The van der Waals surface area contributed by atoms with Gasteiger partial charge in [0.15, 0.2) is 6.10 Å². The van der Waals surface area contributed by atoms with E-state index in [1.165, 1.54) is 6.07 Å². The van der Waals surface area contributed by atoms with E-state index in [4.69, 9.17) is 0 Å². The first-order valence-electron chi connectivity index (χ1n) is 4.55. The van der Waals surface area contributed by atoms with Crippen molar-refractivity contribution in [3.8, 4) is 0 Å². The molecule has 0 bridgehead atoms. The van der Waals surface area contributed by atoms with Crippen LogP contribution in [0.25, 0.3) is 0 Å². The zero-order valence-corrected chi connectivity index (χ0v) is 9.27. The number of thiol groups is 1. The highest BCUT2D eigenvalue weighted by Crippen LogP contribution is 2.42. The number of benzene rings is 1. The molecule has 1 atom stereocenters. The second-order valence-electron chi connectivity index (χ2n) is 3.53. The van der Waals surface area contributed by atoms with E-state index < -0.39 is 29.3 Å². The minimum absolute atomic E-state index is 0.139. The van der Waals surface area contributed by atoms with Crippen molar-refractivity contribution in [2.24, 2.45) is 0 Å². The molecule has 0 aliphatic carbocycles. The van der Waals surface area contributed by atoms with Gasteiger partial charge < -0.3 is 10.4 Å². The molecule has 1 aromatic rings. The number of hydrogen-bond acceptors (Lipinski definition) is 2. The van der Waals surface area contributed by atoms with Crippen LogP contribution in [0, 0.1) is 5.82 Å². The molecule has 0 saturated carbocycles. The number of aliphatic hydroxyl groups is 1. The summed E-state index contributed by atoms with van der Waals surface area (Å²) in [5.74, 6) is -3.16. The van der Waals surface area contributed by atoms with Crippen LogP contribution in [-0.2, 0) is 4.79 Å². The van der Waals surface area contributed by atoms with E-state index in [-0.39, 0.29) is 5.69 Å². The van der Waals surface area contributed by atoms with Gasteiger partial charge in [0.1, 0.15) is 5.82 Å². The molecule has 0 saturated heterocycles. The topological polar surface area (TPSA) is 49.3 Å². The normalized spacial score (nSPS) is 21.9. The maximum Gasteiger partial charge on any atom is 0.354 e. The summed E-state index contributed by atoms with van der Waals surface area (Å²) in [6, 6.07) is 2.31. The van der Waals surface area contributed by atoms with Crippen LogP contribution in [0.1, 0.15) is 11.7 Å². The number of nitrogens with one attached hydrogen (secondary N) is 1. The van der Waals surface area contributed by atoms with Gasteiger partial charge in [-0.25, -0.2) is 4.39 Å². The fraction of sp³-hybridized carbons (Fsp3) is 0.200. The van der Waals surface area contributed by atoms with E-state index in [2.05, 4.69) is 5.87 Å². The van der Waals surface area contributed by atoms with E-state index >= 15 is 0 Å². The Bertz CT molecular complexity index is 519. The standard InChI is InChI=1S/C10H8F3NO2S/c1-17-4-2-5(11)7-6(3-4)14-9(16)10(12,13)8(7)15/h2-3,8,15,17H,1H2,(H,14,16)/t8-/m1/s1. The lowest BCUT2D eigenvalue weighted by molar-refractivity contribution is -0.160. The summed E-state index contributed by atoms with van der Waals surface area (Å²) < 4.78 is 39.9. The number of amides is 1. The fourth-order valence-electron chi connectivity index (χ4n) is 1.59. The quantitative estimate of drug-likeness (QED) is 0.533. The van der Waals surface area contributed by atoms with Crippen molar-refractivity contribution in [2.75, 3.05) is 5.32 Å². The highest BCUT2D eigenvalue weighted by atomic mass is 32.1. The molecule has 2 N–H and O–H groups in total. The van der Waals surface area contributed by atoms with Gasteiger partial charge in [-0.3, -0.25) is 4.79 Å². The molecular formula is C10H8F3NO2S. The smallest absolute Gasteiger partial charge is 0.354 e. The monoisotopic (exact) mass is 263 g/mol. The summed E-state index contributed by atoms with van der Waals surface area (Å²) in [6.07, 6.45) is -2.47. The zero-order valence-electron chi connectivity index (χ0n) is 8.38. The molecule has 17 heavy (non-hydrogen) atoms. The van der Waals surface area contributed by atoms with Crippen LogP contribution < -0.4 is 5.32 Å². The van der Waals surface area contributed by atoms with Crippen LogP contribution in [0.5, 0.6) is 0 Å². The Kier molecular flexibility index (Phi) is 2.75. The van der Waals surface area contributed by atoms with Crippen LogP contribution in [0.2, 0.25) is 0 Å². The summed E-state index contributed by atoms with van der Waals surface area (Å²) in [4.78, 5) is 11.5. The average molecular weight is 263 g/mol. The van der Waals surface area contributed by atoms with Crippen molar-refractivity contribution in [1.82, 2.24) is 0 Å². The first-order chi connectivity index (χ1) is 7.87. The van der Waals surface area contributed by atoms with Gasteiger partial charge in [0.2, 0.25) is 0 Å². The molecule has 1 amide bonds. The van der Waals surface area contributed by atoms with Crippen LogP contribution >= 0.6 is 11.4 Å². The van der Waals surface area contributed by atoms with Gasteiger partial charge in [0, 0.05) is 10.5 Å². The third-order valence-corrected chi connectivity index (χ3v) is 3.09. The highest BCUT2D eigenvalue weighted by Gasteiger charge is 2.52. The number of anilines is 1. The van der Waals surface area contributed by atoms with Crippen LogP contribution in [0.15, 0.2) is 17.0 Å². The number of carbonyl (C=O) groups excluding carboxylic acids is 1. The molecule has 1 aliphatic heterocycles. The van der Waals surface area contributed by atoms with Crippen LogP contribution in [0.3, 0.4) is 0 Å². The molecular weight excluding hydrogens is 255 g/mol. The molecule has 1 heterocycles. The molecule has 3 nitrogen and oxygen atoms in total. The molecule has 1 aliphatic rings. The van der Waals surface area contributed by atoms with Gasteiger partial charge in [-0.05, 0) is 12.1 Å². The minimum atomic E-state index is -4.03. The molecule has 7 heteroatoms. The number of alkyl halides is 2. The van der Waals surface area contributed by atoms with E-state index in [0.717, 1.165) is 6.07 Å². The number of carbonyl (C=O) groups is 1. The lowest BCUT2D eigenvalue weighted by atomic mass is 9.96. The Morgan fingerprint density at radius 2 is 2.12 bits per heavy atom. The fourth-order valence-corrected chi connectivity index (χ4v) is 2.01. The summed E-state index contributed by atoms with van der Waals surface area (Å²) in [6.45, 7) is 0. The summed E-state index contributed by atoms with van der Waals surface area (Å²) in [5.41, 5.74) is -0.735. The molecule has 0 spiro atoms. The van der Waals surface area contributed by atoms with Gasteiger partial charge in [-0.15, -0.1) is 0 Å². The maximum absolute atomic E-state index is 13.6. The molecule has 0 aromatic heterocycles. The number of rotatable bonds is 1. The van der Waals surface area contributed by atoms with Crippen molar-refractivity contribution in [3.05, 3.63) is 23.5 Å². The Morgan fingerprint density at radius 1 is 1.47 bits per heavy atom. The third kappa shape index (κ3) is 1.75. The van der Waals surface area contributed by atoms with Crippen molar-refractivity contribution >= 4 is 28.8 Å². The Morgan fingerprint density at radius 3 is 2.71 bits per heavy atom. The average Bonchev–Trinajstić information content (AvgIpc) is 2.26. The van der Waals surface area contributed by atoms with Crippen molar-refractivity contribution < 1.29 is 23.1 Å². The van der Waals surface area contributed by atoms with Crippen LogP contribution in [-0.4, -0.2) is 22.8 Å². The van der Waals surface area contributed by atoms with E-state index in [1.54, 1.807) is 0 Å². The first kappa shape index (κ1) is 12.1. The van der Waals surface area contributed by atoms with Crippen molar-refractivity contribution in [1.29, 1.82) is 0 Å². The third-order valence-electron chi connectivity index (χ3n) is 2.46. The van der Waals surface area contributed by atoms with Gasteiger partial charge in [0.25, 0.3) is 5.91 Å². The maximum atomic E-state index is 13.6. The summed E-state index contributed by atoms with van der Waals surface area (Å²) in [7, 11) is 0. The van der Waals surface area contributed by atoms with E-state index in [0.29, 0.717) is 16.2 Å². The molecule has 92 valence electrons. The highest BCUT2D eigenvalue weighted by molar-refractivity contribution is 7.96. The lowest BCUT2D eigenvalue weighted by Crippen LogP contribution is -2.44. The summed E-state index contributed by atoms with van der Waals surface area (Å²) in [5, 5.41) is 11.2. The molecule has 0 fully saturated rings. The second kappa shape index (κ2) is 3.85. The van der Waals surface area contributed by atoms with Crippen molar-refractivity contribution in [3.63, 3.8) is 0 Å². The Hall–Kier alpha value is -1.34. The SMILES string of the molecule is C=[SH]c1cc(F)c2c(c1)NC(=O)C(F)(F)[C@@H]2O.